The number of H-pyrrole nitrogens is 1. The molecule has 176 valence electrons. The zero-order valence-corrected chi connectivity index (χ0v) is 19.4. The molecular formula is C28H25F2N5. The minimum Gasteiger partial charge on any atom is -0.367 e. The Morgan fingerprint density at radius 3 is 2.46 bits per heavy atom. The van der Waals surface area contributed by atoms with Gasteiger partial charge in [-0.1, -0.05) is 31.2 Å². The predicted molar refractivity (Wildman–Crippen MR) is 133 cm³/mol. The lowest BCUT2D eigenvalue weighted by atomic mass is 9.62. The lowest BCUT2D eigenvalue weighted by Gasteiger charge is -2.47. The average molecular weight is 470 g/mol. The summed E-state index contributed by atoms with van der Waals surface area (Å²) in [7, 11) is 0. The first-order valence-electron chi connectivity index (χ1n) is 12.1. The molecule has 0 radical (unpaired) electrons. The largest absolute Gasteiger partial charge is 0.367 e. The molecule has 35 heavy (non-hydrogen) atoms. The van der Waals surface area contributed by atoms with Gasteiger partial charge in [-0.2, -0.15) is 0 Å². The van der Waals surface area contributed by atoms with Gasteiger partial charge in [0, 0.05) is 35.3 Å². The van der Waals surface area contributed by atoms with Crippen LogP contribution in [0.15, 0.2) is 48.7 Å². The van der Waals surface area contributed by atoms with Gasteiger partial charge < -0.3 is 10.3 Å². The molecule has 3 fully saturated rings. The van der Waals surface area contributed by atoms with Crippen molar-refractivity contribution in [1.82, 2.24) is 15.0 Å². The number of aromatic amines is 1. The SMILES string of the molecule is [C-]#[N+]c1ccc(-c2cc(N[C@@H]3C4CCC(CC4)[C@H]3C)nc(-c3c[nH]c4c(F)cc(F)cc34)n2)cc1. The van der Waals surface area contributed by atoms with E-state index in [0.29, 0.717) is 51.9 Å². The smallest absolute Gasteiger partial charge is 0.187 e. The summed E-state index contributed by atoms with van der Waals surface area (Å²) in [6.45, 7) is 9.54. The molecule has 5 nitrogen and oxygen atoms in total. The van der Waals surface area contributed by atoms with Gasteiger partial charge in [0.1, 0.15) is 17.5 Å². The van der Waals surface area contributed by atoms with Crippen molar-refractivity contribution in [3.63, 3.8) is 0 Å². The number of halogens is 2. The van der Waals surface area contributed by atoms with E-state index in [-0.39, 0.29) is 5.52 Å². The van der Waals surface area contributed by atoms with Crippen molar-refractivity contribution in [3.05, 3.63) is 71.7 Å². The van der Waals surface area contributed by atoms with Gasteiger partial charge in [-0.25, -0.2) is 23.6 Å². The monoisotopic (exact) mass is 469 g/mol. The van der Waals surface area contributed by atoms with E-state index in [4.69, 9.17) is 16.5 Å². The Balaban J connectivity index is 1.46. The Labute approximate surface area is 202 Å². The van der Waals surface area contributed by atoms with Crippen LogP contribution in [0, 0.1) is 36.0 Å². The molecule has 2 aromatic carbocycles. The Kier molecular flexibility index (Phi) is 5.25. The molecule has 0 saturated heterocycles. The fraction of sp³-hybridized carbons (Fsp3) is 0.321. The summed E-state index contributed by atoms with van der Waals surface area (Å²) >= 11 is 0. The molecule has 2 heterocycles. The zero-order chi connectivity index (χ0) is 24.1. The normalized spacial score (nSPS) is 23.4. The van der Waals surface area contributed by atoms with E-state index in [1.54, 1.807) is 18.3 Å². The van der Waals surface area contributed by atoms with Crippen molar-refractivity contribution < 1.29 is 8.78 Å². The second-order valence-electron chi connectivity index (χ2n) is 9.84. The minimum atomic E-state index is -0.650. The molecule has 7 rings (SSSR count). The van der Waals surface area contributed by atoms with Crippen molar-refractivity contribution in [1.29, 1.82) is 0 Å². The van der Waals surface area contributed by atoms with E-state index in [9.17, 15) is 8.78 Å². The van der Waals surface area contributed by atoms with Crippen LogP contribution in [0.5, 0.6) is 0 Å². The van der Waals surface area contributed by atoms with Gasteiger partial charge in [0.15, 0.2) is 11.5 Å². The molecule has 0 spiro atoms. The maximum atomic E-state index is 14.4. The highest BCUT2D eigenvalue weighted by Gasteiger charge is 2.41. The standard InChI is InChI=1S/C28H25F2N5/c1-15-16-3-5-18(6-4-16)26(15)34-25-13-24(17-7-9-20(31-2)10-8-17)33-28(35-25)22-14-32-27-21(22)11-19(29)12-23(27)30/h7-16,18,26,32H,3-6H2,1H3,(H,33,34,35)/t15-,16?,18?,26+/m1/s1. The molecule has 3 aliphatic rings. The van der Waals surface area contributed by atoms with E-state index in [1.807, 2.05) is 18.2 Å². The summed E-state index contributed by atoms with van der Waals surface area (Å²) in [5, 5.41) is 4.11. The van der Waals surface area contributed by atoms with Crippen molar-refractivity contribution in [2.45, 2.75) is 38.6 Å². The third-order valence-corrected chi connectivity index (χ3v) is 7.91. The Hall–Kier alpha value is -3.79. The van der Waals surface area contributed by atoms with E-state index in [2.05, 4.69) is 22.1 Å². The number of nitrogens with one attached hydrogen (secondary N) is 2. The molecule has 7 heteroatoms. The number of aromatic nitrogens is 3. The fourth-order valence-electron chi connectivity index (χ4n) is 6.01. The van der Waals surface area contributed by atoms with Gasteiger partial charge in [0.25, 0.3) is 0 Å². The van der Waals surface area contributed by atoms with E-state index >= 15 is 0 Å². The summed E-state index contributed by atoms with van der Waals surface area (Å²) in [5.74, 6) is 1.71. The number of hydrogen-bond acceptors (Lipinski definition) is 3. The Morgan fingerprint density at radius 2 is 1.74 bits per heavy atom. The van der Waals surface area contributed by atoms with Crippen LogP contribution in [0.1, 0.15) is 32.6 Å². The van der Waals surface area contributed by atoms with E-state index in [1.165, 1.54) is 31.7 Å². The van der Waals surface area contributed by atoms with Crippen LogP contribution in [-0.2, 0) is 0 Å². The number of fused-ring (bicyclic) bond motifs is 4. The highest BCUT2D eigenvalue weighted by molar-refractivity contribution is 5.94. The van der Waals surface area contributed by atoms with Crippen LogP contribution < -0.4 is 5.32 Å². The summed E-state index contributed by atoms with van der Waals surface area (Å²) in [6, 6.07) is 11.7. The Morgan fingerprint density at radius 1 is 1.00 bits per heavy atom. The molecule has 0 amide bonds. The first-order chi connectivity index (χ1) is 17.0. The van der Waals surface area contributed by atoms with E-state index in [0.717, 1.165) is 17.5 Å². The summed E-state index contributed by atoms with van der Waals surface area (Å²) in [5.41, 5.74) is 2.85. The van der Waals surface area contributed by atoms with Crippen LogP contribution in [0.25, 0.3) is 38.4 Å². The highest BCUT2D eigenvalue weighted by atomic mass is 19.1. The fourth-order valence-corrected chi connectivity index (χ4v) is 6.01. The molecule has 2 N–H and O–H groups in total. The van der Waals surface area contributed by atoms with Gasteiger partial charge in [-0.15, -0.1) is 0 Å². The summed E-state index contributed by atoms with van der Waals surface area (Å²) in [4.78, 5) is 16.0. The second-order valence-corrected chi connectivity index (χ2v) is 9.84. The van der Waals surface area contributed by atoms with Gasteiger partial charge in [0.05, 0.1) is 17.8 Å². The molecule has 2 atom stereocenters. The van der Waals surface area contributed by atoms with Gasteiger partial charge in [-0.05, 0) is 55.1 Å². The van der Waals surface area contributed by atoms with Crippen molar-refractivity contribution in [2.75, 3.05) is 5.32 Å². The maximum Gasteiger partial charge on any atom is 0.187 e. The topological polar surface area (TPSA) is 58.0 Å². The predicted octanol–water partition coefficient (Wildman–Crippen LogP) is 7.36. The molecule has 2 bridgehead atoms. The molecule has 3 aliphatic carbocycles. The van der Waals surface area contributed by atoms with Crippen LogP contribution in [0.4, 0.5) is 20.3 Å². The molecule has 0 unspecified atom stereocenters. The second kappa shape index (κ2) is 8.46. The van der Waals surface area contributed by atoms with Crippen LogP contribution >= 0.6 is 0 Å². The number of rotatable bonds is 4. The third kappa shape index (κ3) is 3.83. The highest BCUT2D eigenvalue weighted by Crippen LogP contribution is 2.46. The third-order valence-electron chi connectivity index (χ3n) is 7.91. The maximum absolute atomic E-state index is 14.4. The summed E-state index contributed by atoms with van der Waals surface area (Å²) < 4.78 is 28.4. The number of hydrogen-bond donors (Lipinski definition) is 2. The zero-order valence-electron chi connectivity index (χ0n) is 19.4. The van der Waals surface area contributed by atoms with Crippen LogP contribution in [-0.4, -0.2) is 21.0 Å². The first-order valence-corrected chi connectivity index (χ1v) is 12.1. The van der Waals surface area contributed by atoms with Crippen molar-refractivity contribution in [3.8, 4) is 22.6 Å². The molecule has 3 saturated carbocycles. The summed E-state index contributed by atoms with van der Waals surface area (Å²) in [6.07, 6.45) is 6.69. The van der Waals surface area contributed by atoms with Crippen molar-refractivity contribution >= 4 is 22.4 Å². The van der Waals surface area contributed by atoms with Gasteiger partial charge in [0.2, 0.25) is 0 Å². The molecule has 2 aromatic heterocycles. The first kappa shape index (κ1) is 21.7. The number of benzene rings is 2. The van der Waals surface area contributed by atoms with Crippen molar-refractivity contribution in [2.24, 2.45) is 17.8 Å². The quantitative estimate of drug-likeness (QED) is 0.307. The minimum absolute atomic E-state index is 0.226. The average Bonchev–Trinajstić information content (AvgIpc) is 3.30. The Bertz CT molecular complexity index is 1440. The molecule has 4 aromatic rings. The number of nitrogens with zero attached hydrogens (tertiary/aromatic N) is 3. The van der Waals surface area contributed by atoms with Gasteiger partial charge in [-0.3, -0.25) is 0 Å². The molecule has 0 aliphatic heterocycles. The van der Waals surface area contributed by atoms with Gasteiger partial charge >= 0.3 is 0 Å². The lowest BCUT2D eigenvalue weighted by molar-refractivity contribution is 0.0928. The lowest BCUT2D eigenvalue weighted by Crippen LogP contribution is -2.47. The number of anilines is 1. The molecular weight excluding hydrogens is 444 g/mol. The van der Waals surface area contributed by atoms with E-state index < -0.39 is 11.6 Å². The van der Waals surface area contributed by atoms with Crippen LogP contribution in [0.3, 0.4) is 0 Å². The van der Waals surface area contributed by atoms with Crippen LogP contribution in [0.2, 0.25) is 0 Å².